The maximum atomic E-state index is 9.65. The molecule has 1 saturated carbocycles. The highest BCUT2D eigenvalue weighted by Gasteiger charge is 2.29. The molecule has 0 saturated heterocycles. The van der Waals surface area contributed by atoms with Crippen molar-refractivity contribution >= 4 is 0 Å². The van der Waals surface area contributed by atoms with E-state index < -0.39 is 6.10 Å². The van der Waals surface area contributed by atoms with Crippen LogP contribution in [0, 0.1) is 0 Å². The van der Waals surface area contributed by atoms with Crippen LogP contribution >= 0.6 is 0 Å². The van der Waals surface area contributed by atoms with Gasteiger partial charge in [-0.05, 0) is 26.3 Å². The van der Waals surface area contributed by atoms with Gasteiger partial charge in [0.15, 0.2) is 0 Å². The second-order valence-electron chi connectivity index (χ2n) is 4.11. The molecule has 14 heavy (non-hydrogen) atoms. The van der Waals surface area contributed by atoms with Gasteiger partial charge in [0.05, 0.1) is 18.8 Å². The second-order valence-corrected chi connectivity index (χ2v) is 4.11. The van der Waals surface area contributed by atoms with Crippen molar-refractivity contribution in [1.82, 2.24) is 4.90 Å². The van der Waals surface area contributed by atoms with Crippen molar-refractivity contribution in [2.75, 3.05) is 27.3 Å². The molecule has 0 aliphatic heterocycles. The summed E-state index contributed by atoms with van der Waals surface area (Å²) < 4.78 is 4.85. The van der Waals surface area contributed by atoms with Gasteiger partial charge in [0.25, 0.3) is 0 Å². The van der Waals surface area contributed by atoms with Crippen molar-refractivity contribution in [3.05, 3.63) is 0 Å². The number of aliphatic hydroxyl groups excluding tert-OH is 2. The lowest BCUT2D eigenvalue weighted by molar-refractivity contribution is 0.0157. The maximum absolute atomic E-state index is 9.65. The zero-order valence-electron chi connectivity index (χ0n) is 9.02. The summed E-state index contributed by atoms with van der Waals surface area (Å²) in [4.78, 5) is 2.03. The Labute approximate surface area is 85.5 Å². The third-order valence-corrected chi connectivity index (χ3v) is 2.87. The number of aliphatic hydroxyl groups is 2. The van der Waals surface area contributed by atoms with Gasteiger partial charge in [0.1, 0.15) is 0 Å². The fourth-order valence-electron chi connectivity index (χ4n) is 2.15. The van der Waals surface area contributed by atoms with E-state index in [4.69, 9.17) is 4.74 Å². The predicted molar refractivity (Wildman–Crippen MR) is 54.2 cm³/mol. The first-order valence-corrected chi connectivity index (χ1v) is 5.20. The Morgan fingerprint density at radius 1 is 1.50 bits per heavy atom. The van der Waals surface area contributed by atoms with Crippen LogP contribution in [-0.4, -0.2) is 60.7 Å². The average molecular weight is 203 g/mol. The summed E-state index contributed by atoms with van der Waals surface area (Å²) in [6.07, 6.45) is 2.30. The summed E-state index contributed by atoms with van der Waals surface area (Å²) in [5, 5.41) is 19.2. The molecule has 4 nitrogen and oxygen atoms in total. The minimum Gasteiger partial charge on any atom is -0.391 e. The minimum absolute atomic E-state index is 0.210. The van der Waals surface area contributed by atoms with E-state index in [9.17, 15) is 10.2 Å². The molecule has 2 N–H and O–H groups in total. The Morgan fingerprint density at radius 2 is 2.21 bits per heavy atom. The largest absolute Gasteiger partial charge is 0.391 e. The van der Waals surface area contributed by atoms with Crippen LogP contribution in [0.15, 0.2) is 0 Å². The predicted octanol–water partition coefficient (Wildman–Crippen LogP) is -0.161. The molecule has 0 aromatic rings. The first-order valence-electron chi connectivity index (χ1n) is 5.20. The Morgan fingerprint density at radius 3 is 2.71 bits per heavy atom. The van der Waals surface area contributed by atoms with E-state index in [1.165, 1.54) is 0 Å². The van der Waals surface area contributed by atoms with E-state index in [1.807, 2.05) is 11.9 Å². The number of nitrogens with zero attached hydrogens (tertiary/aromatic N) is 1. The Kier molecular flexibility index (Phi) is 4.81. The number of hydrogen-bond acceptors (Lipinski definition) is 4. The van der Waals surface area contributed by atoms with Gasteiger partial charge >= 0.3 is 0 Å². The molecular formula is C10H21NO3. The van der Waals surface area contributed by atoms with Gasteiger partial charge in [0, 0.05) is 19.7 Å². The summed E-state index contributed by atoms with van der Waals surface area (Å²) >= 11 is 0. The molecule has 1 fully saturated rings. The summed E-state index contributed by atoms with van der Waals surface area (Å²) in [6, 6.07) is 0.210. The monoisotopic (exact) mass is 203 g/mol. The van der Waals surface area contributed by atoms with Gasteiger partial charge < -0.3 is 14.9 Å². The van der Waals surface area contributed by atoms with Gasteiger partial charge in [-0.1, -0.05) is 0 Å². The van der Waals surface area contributed by atoms with Crippen LogP contribution in [0.3, 0.4) is 0 Å². The Bertz CT molecular complexity index is 165. The quantitative estimate of drug-likeness (QED) is 0.652. The van der Waals surface area contributed by atoms with Crippen molar-refractivity contribution in [2.24, 2.45) is 0 Å². The third kappa shape index (κ3) is 3.20. The lowest BCUT2D eigenvalue weighted by Crippen LogP contribution is -2.42. The molecule has 0 amide bonds. The first-order chi connectivity index (χ1) is 6.65. The molecule has 0 spiro atoms. The number of likely N-dealkylation sites (N-methyl/N-ethyl adjacent to an activating group) is 1. The number of methoxy groups -OCH3 is 1. The van der Waals surface area contributed by atoms with Crippen LogP contribution in [0.25, 0.3) is 0 Å². The molecule has 1 aliphatic rings. The van der Waals surface area contributed by atoms with Crippen molar-refractivity contribution in [1.29, 1.82) is 0 Å². The van der Waals surface area contributed by atoms with Crippen molar-refractivity contribution < 1.29 is 14.9 Å². The van der Waals surface area contributed by atoms with E-state index >= 15 is 0 Å². The molecule has 0 aromatic heterocycles. The molecule has 1 rings (SSSR count). The topological polar surface area (TPSA) is 52.9 Å². The van der Waals surface area contributed by atoms with E-state index in [0.717, 1.165) is 19.3 Å². The van der Waals surface area contributed by atoms with Crippen LogP contribution in [-0.2, 0) is 4.74 Å². The summed E-state index contributed by atoms with van der Waals surface area (Å²) in [5.74, 6) is 0. The van der Waals surface area contributed by atoms with Gasteiger partial charge in [-0.3, -0.25) is 4.90 Å². The molecule has 0 heterocycles. The lowest BCUT2D eigenvalue weighted by Gasteiger charge is -2.28. The zero-order valence-corrected chi connectivity index (χ0v) is 9.02. The lowest BCUT2D eigenvalue weighted by atomic mass is 10.2. The summed E-state index contributed by atoms with van der Waals surface area (Å²) in [5.41, 5.74) is 0. The SMILES string of the molecule is COCC(O)CN(C)[C@H]1CCC[C@@H]1O. The standard InChI is InChI=1S/C10H21NO3/c1-11(6-8(12)7-14-2)9-4-3-5-10(9)13/h8-10,12-13H,3-7H2,1-2H3/t8?,9-,10-/m0/s1. The third-order valence-electron chi connectivity index (χ3n) is 2.87. The molecule has 0 aromatic carbocycles. The van der Waals surface area contributed by atoms with Crippen molar-refractivity contribution in [3.8, 4) is 0 Å². The zero-order chi connectivity index (χ0) is 10.6. The fraction of sp³-hybridized carbons (Fsp3) is 1.00. The Hall–Kier alpha value is -0.160. The van der Waals surface area contributed by atoms with E-state index in [0.29, 0.717) is 13.2 Å². The molecule has 4 heteroatoms. The molecule has 1 unspecified atom stereocenters. The van der Waals surface area contributed by atoms with E-state index in [2.05, 4.69) is 0 Å². The van der Waals surface area contributed by atoms with Crippen LogP contribution in [0.4, 0.5) is 0 Å². The van der Waals surface area contributed by atoms with Gasteiger partial charge in [0.2, 0.25) is 0 Å². The normalized spacial score (nSPS) is 29.8. The van der Waals surface area contributed by atoms with Gasteiger partial charge in [-0.25, -0.2) is 0 Å². The molecular weight excluding hydrogens is 182 g/mol. The molecule has 1 aliphatic carbocycles. The first kappa shape index (κ1) is 11.9. The van der Waals surface area contributed by atoms with Crippen LogP contribution < -0.4 is 0 Å². The van der Waals surface area contributed by atoms with E-state index in [-0.39, 0.29) is 12.1 Å². The average Bonchev–Trinajstić information content (AvgIpc) is 2.51. The number of ether oxygens (including phenoxy) is 1. The molecule has 0 bridgehead atoms. The Balaban J connectivity index is 2.29. The van der Waals surface area contributed by atoms with Gasteiger partial charge in [-0.15, -0.1) is 0 Å². The summed E-state index contributed by atoms with van der Waals surface area (Å²) in [6.45, 7) is 0.919. The fourth-order valence-corrected chi connectivity index (χ4v) is 2.15. The molecule has 0 radical (unpaired) electrons. The minimum atomic E-state index is -0.460. The number of hydrogen-bond donors (Lipinski definition) is 2. The highest BCUT2D eigenvalue weighted by atomic mass is 16.5. The van der Waals surface area contributed by atoms with Crippen molar-refractivity contribution in [2.45, 2.75) is 37.5 Å². The molecule has 84 valence electrons. The highest BCUT2D eigenvalue weighted by Crippen LogP contribution is 2.23. The number of rotatable bonds is 5. The summed E-state index contributed by atoms with van der Waals surface area (Å²) in [7, 11) is 3.52. The maximum Gasteiger partial charge on any atom is 0.0900 e. The highest BCUT2D eigenvalue weighted by molar-refractivity contribution is 4.84. The second kappa shape index (κ2) is 5.66. The van der Waals surface area contributed by atoms with Crippen LogP contribution in [0.2, 0.25) is 0 Å². The van der Waals surface area contributed by atoms with Gasteiger partial charge in [-0.2, -0.15) is 0 Å². The van der Waals surface area contributed by atoms with E-state index in [1.54, 1.807) is 7.11 Å². The van der Waals surface area contributed by atoms with Crippen LogP contribution in [0.1, 0.15) is 19.3 Å². The van der Waals surface area contributed by atoms with Crippen LogP contribution in [0.5, 0.6) is 0 Å². The molecule has 3 atom stereocenters. The smallest absolute Gasteiger partial charge is 0.0900 e. The van der Waals surface area contributed by atoms with Crippen molar-refractivity contribution in [3.63, 3.8) is 0 Å².